The number of piperidine rings is 1. The number of para-hydroxylation sites is 1. The molecule has 1 unspecified atom stereocenters. The van der Waals surface area contributed by atoms with Crippen molar-refractivity contribution in [2.45, 2.75) is 18.9 Å². The monoisotopic (exact) mass is 304 g/mol. The summed E-state index contributed by atoms with van der Waals surface area (Å²) in [6.45, 7) is 3.94. The lowest BCUT2D eigenvalue weighted by atomic mass is 10.1. The summed E-state index contributed by atoms with van der Waals surface area (Å²) in [5.74, 6) is 0.779. The molecule has 0 amide bonds. The first-order chi connectivity index (χ1) is 8.79. The predicted molar refractivity (Wildman–Crippen MR) is 82.7 cm³/mol. The van der Waals surface area contributed by atoms with Crippen LogP contribution in [0.1, 0.15) is 12.8 Å². The molecule has 1 aliphatic rings. The highest BCUT2D eigenvalue weighted by Crippen LogP contribution is 2.23. The van der Waals surface area contributed by atoms with Gasteiger partial charge in [0, 0.05) is 19.1 Å². The van der Waals surface area contributed by atoms with E-state index in [1.165, 1.54) is 19.4 Å². The zero-order valence-corrected chi connectivity index (χ0v) is 12.8. The molecule has 0 aromatic heterocycles. The Bertz CT molecular complexity index is 376. The molecule has 1 saturated heterocycles. The van der Waals surface area contributed by atoms with Gasteiger partial charge >= 0.3 is 0 Å². The van der Waals surface area contributed by atoms with Crippen LogP contribution in [0.3, 0.4) is 0 Å². The van der Waals surface area contributed by atoms with E-state index < -0.39 is 0 Å². The SMILES string of the molecule is CNC1CCCN(CCOc2ccccc2Cl)C1.Cl. The van der Waals surface area contributed by atoms with Crippen molar-refractivity contribution in [1.82, 2.24) is 10.2 Å². The average Bonchev–Trinajstić information content (AvgIpc) is 2.41. The molecular formula is C14H22Cl2N2O. The fourth-order valence-corrected chi connectivity index (χ4v) is 2.53. The molecule has 0 saturated carbocycles. The van der Waals surface area contributed by atoms with Crippen molar-refractivity contribution in [2.24, 2.45) is 0 Å². The second-order valence-corrected chi connectivity index (χ2v) is 5.11. The Morgan fingerprint density at radius 1 is 1.42 bits per heavy atom. The Hall–Kier alpha value is -0.480. The van der Waals surface area contributed by atoms with E-state index >= 15 is 0 Å². The fraction of sp³-hybridized carbons (Fsp3) is 0.571. The minimum Gasteiger partial charge on any atom is -0.491 e. The minimum absolute atomic E-state index is 0. The van der Waals surface area contributed by atoms with Crippen LogP contribution in [0.25, 0.3) is 0 Å². The number of hydrogen-bond acceptors (Lipinski definition) is 3. The van der Waals surface area contributed by atoms with Crippen molar-refractivity contribution in [3.8, 4) is 5.75 Å². The Morgan fingerprint density at radius 3 is 2.95 bits per heavy atom. The highest BCUT2D eigenvalue weighted by Gasteiger charge is 2.17. The Kier molecular flexibility index (Phi) is 7.54. The lowest BCUT2D eigenvalue weighted by Crippen LogP contribution is -2.45. The third-order valence-electron chi connectivity index (χ3n) is 3.42. The van der Waals surface area contributed by atoms with Gasteiger partial charge in [-0.2, -0.15) is 0 Å². The van der Waals surface area contributed by atoms with E-state index in [9.17, 15) is 0 Å². The number of nitrogens with zero attached hydrogens (tertiary/aromatic N) is 1. The molecule has 0 radical (unpaired) electrons. The normalized spacial score (nSPS) is 19.8. The van der Waals surface area contributed by atoms with Crippen LogP contribution < -0.4 is 10.1 Å². The molecule has 0 spiro atoms. The topological polar surface area (TPSA) is 24.5 Å². The minimum atomic E-state index is 0. The number of hydrogen-bond donors (Lipinski definition) is 1. The van der Waals surface area contributed by atoms with Crippen molar-refractivity contribution in [2.75, 3.05) is 33.3 Å². The zero-order chi connectivity index (χ0) is 12.8. The number of likely N-dealkylation sites (N-methyl/N-ethyl adjacent to an activating group) is 1. The van der Waals surface area contributed by atoms with Crippen LogP contribution in [0, 0.1) is 0 Å². The molecule has 1 aromatic rings. The predicted octanol–water partition coefficient (Wildman–Crippen LogP) is 2.82. The van der Waals surface area contributed by atoms with E-state index in [4.69, 9.17) is 16.3 Å². The van der Waals surface area contributed by atoms with Crippen molar-refractivity contribution in [3.05, 3.63) is 29.3 Å². The van der Waals surface area contributed by atoms with E-state index in [1.54, 1.807) is 0 Å². The first-order valence-corrected chi connectivity index (χ1v) is 6.94. The molecule has 1 heterocycles. The first kappa shape index (κ1) is 16.6. The van der Waals surface area contributed by atoms with Gasteiger partial charge in [-0.25, -0.2) is 0 Å². The smallest absolute Gasteiger partial charge is 0.137 e. The second-order valence-electron chi connectivity index (χ2n) is 4.71. The average molecular weight is 305 g/mol. The zero-order valence-electron chi connectivity index (χ0n) is 11.3. The van der Waals surface area contributed by atoms with Gasteiger partial charge in [-0.3, -0.25) is 4.90 Å². The molecule has 19 heavy (non-hydrogen) atoms. The summed E-state index contributed by atoms with van der Waals surface area (Å²) < 4.78 is 5.71. The summed E-state index contributed by atoms with van der Waals surface area (Å²) in [5, 5.41) is 4.03. The van der Waals surface area contributed by atoms with Gasteiger partial charge in [0.1, 0.15) is 12.4 Å². The van der Waals surface area contributed by atoms with Gasteiger partial charge in [-0.15, -0.1) is 12.4 Å². The summed E-state index contributed by atoms with van der Waals surface area (Å²) in [4.78, 5) is 2.45. The van der Waals surface area contributed by atoms with E-state index in [2.05, 4.69) is 10.2 Å². The molecule has 1 aromatic carbocycles. The molecule has 108 valence electrons. The maximum absolute atomic E-state index is 6.04. The standard InChI is InChI=1S/C14H21ClN2O.ClH/c1-16-12-5-4-8-17(11-12)9-10-18-14-7-3-2-6-13(14)15;/h2-3,6-7,12,16H,4-5,8-11H2,1H3;1H. The first-order valence-electron chi connectivity index (χ1n) is 6.56. The summed E-state index contributed by atoms with van der Waals surface area (Å²) >= 11 is 6.04. The molecule has 1 fully saturated rings. The molecule has 1 N–H and O–H groups in total. The van der Waals surface area contributed by atoms with Crippen molar-refractivity contribution < 1.29 is 4.74 Å². The van der Waals surface area contributed by atoms with Crippen LogP contribution in [-0.2, 0) is 0 Å². The maximum atomic E-state index is 6.04. The number of halogens is 2. The molecule has 1 aliphatic heterocycles. The van der Waals surface area contributed by atoms with Crippen LogP contribution in [0.5, 0.6) is 5.75 Å². The molecule has 0 bridgehead atoms. The lowest BCUT2D eigenvalue weighted by Gasteiger charge is -2.32. The third kappa shape index (κ3) is 5.19. The van der Waals surface area contributed by atoms with E-state index in [0.717, 1.165) is 18.8 Å². The van der Waals surface area contributed by atoms with Crippen molar-refractivity contribution in [1.29, 1.82) is 0 Å². The van der Waals surface area contributed by atoms with Gasteiger partial charge < -0.3 is 10.1 Å². The summed E-state index contributed by atoms with van der Waals surface area (Å²) in [6, 6.07) is 8.25. The molecular weight excluding hydrogens is 283 g/mol. The molecule has 1 atom stereocenters. The van der Waals surface area contributed by atoms with E-state index in [0.29, 0.717) is 17.7 Å². The van der Waals surface area contributed by atoms with Crippen LogP contribution in [-0.4, -0.2) is 44.2 Å². The number of nitrogens with one attached hydrogen (secondary N) is 1. The van der Waals surface area contributed by atoms with Crippen LogP contribution >= 0.6 is 24.0 Å². The lowest BCUT2D eigenvalue weighted by molar-refractivity contribution is 0.162. The third-order valence-corrected chi connectivity index (χ3v) is 3.73. The van der Waals surface area contributed by atoms with Crippen LogP contribution in [0.4, 0.5) is 0 Å². The number of likely N-dealkylation sites (tertiary alicyclic amines) is 1. The van der Waals surface area contributed by atoms with Gasteiger partial charge in [0.2, 0.25) is 0 Å². The van der Waals surface area contributed by atoms with Gasteiger partial charge in [0.05, 0.1) is 5.02 Å². The number of ether oxygens (including phenoxy) is 1. The fourth-order valence-electron chi connectivity index (χ4n) is 2.34. The highest BCUT2D eigenvalue weighted by molar-refractivity contribution is 6.32. The Labute approximate surface area is 126 Å². The van der Waals surface area contributed by atoms with Gasteiger partial charge in [0.25, 0.3) is 0 Å². The summed E-state index contributed by atoms with van der Waals surface area (Å²) in [5.41, 5.74) is 0. The molecule has 5 heteroatoms. The van der Waals surface area contributed by atoms with Crippen LogP contribution in [0.2, 0.25) is 5.02 Å². The largest absolute Gasteiger partial charge is 0.491 e. The maximum Gasteiger partial charge on any atom is 0.137 e. The van der Waals surface area contributed by atoms with E-state index in [1.807, 2.05) is 31.3 Å². The van der Waals surface area contributed by atoms with Crippen molar-refractivity contribution in [3.63, 3.8) is 0 Å². The highest BCUT2D eigenvalue weighted by atomic mass is 35.5. The van der Waals surface area contributed by atoms with Gasteiger partial charge in [-0.1, -0.05) is 23.7 Å². The number of rotatable bonds is 5. The van der Waals surface area contributed by atoms with Crippen LogP contribution in [0.15, 0.2) is 24.3 Å². The molecule has 3 nitrogen and oxygen atoms in total. The summed E-state index contributed by atoms with van der Waals surface area (Å²) in [7, 11) is 2.04. The second kappa shape index (κ2) is 8.64. The van der Waals surface area contributed by atoms with E-state index in [-0.39, 0.29) is 12.4 Å². The summed E-state index contributed by atoms with van der Waals surface area (Å²) in [6.07, 6.45) is 2.54. The molecule has 2 rings (SSSR count). The van der Waals surface area contributed by atoms with Gasteiger partial charge in [0.15, 0.2) is 0 Å². The van der Waals surface area contributed by atoms with Crippen molar-refractivity contribution >= 4 is 24.0 Å². The Morgan fingerprint density at radius 2 is 2.21 bits per heavy atom. The quantitative estimate of drug-likeness (QED) is 0.905. The molecule has 0 aliphatic carbocycles. The van der Waals surface area contributed by atoms with Gasteiger partial charge in [-0.05, 0) is 38.6 Å². The number of benzene rings is 1. The Balaban J connectivity index is 0.00000180.